The van der Waals surface area contributed by atoms with Crippen LogP contribution in [-0.4, -0.2) is 17.9 Å². The van der Waals surface area contributed by atoms with Crippen molar-refractivity contribution < 1.29 is 23.0 Å². The Morgan fingerprint density at radius 3 is 2.53 bits per heavy atom. The van der Waals surface area contributed by atoms with Gasteiger partial charge >= 0.3 is 6.18 Å². The summed E-state index contributed by atoms with van der Waals surface area (Å²) in [6.45, 7) is 2.28. The van der Waals surface area contributed by atoms with Crippen LogP contribution in [0.25, 0.3) is 0 Å². The lowest BCUT2D eigenvalue weighted by Crippen LogP contribution is -2.13. The molecule has 17 heavy (non-hydrogen) atoms. The van der Waals surface area contributed by atoms with E-state index in [0.717, 1.165) is 0 Å². The van der Waals surface area contributed by atoms with Gasteiger partial charge in [0.1, 0.15) is 5.75 Å². The maximum atomic E-state index is 12.1. The molecule has 2 nitrogen and oxygen atoms in total. The van der Waals surface area contributed by atoms with Gasteiger partial charge in [0.25, 0.3) is 0 Å². The predicted octanol–water partition coefficient (Wildman–Crippen LogP) is 3.83. The minimum absolute atomic E-state index is 0.200. The molecule has 1 N–H and O–H groups in total. The second-order valence-electron chi connectivity index (χ2n) is 3.45. The summed E-state index contributed by atoms with van der Waals surface area (Å²) < 4.78 is 42.0. The van der Waals surface area contributed by atoms with Gasteiger partial charge in [0.15, 0.2) is 0 Å². The summed E-state index contributed by atoms with van der Waals surface area (Å²) in [4.78, 5) is 0. The van der Waals surface area contributed by atoms with E-state index in [1.165, 1.54) is 12.1 Å². The maximum absolute atomic E-state index is 12.1. The second kappa shape index (κ2) is 5.73. The van der Waals surface area contributed by atoms with Crippen LogP contribution >= 0.6 is 15.9 Å². The van der Waals surface area contributed by atoms with Crippen LogP contribution in [-0.2, 0) is 0 Å². The smallest absolute Gasteiger partial charge is 0.391 e. The molecule has 96 valence electrons. The fourth-order valence-electron chi connectivity index (χ4n) is 1.36. The first-order valence-corrected chi connectivity index (χ1v) is 5.80. The number of hydrogen-bond donors (Lipinski definition) is 1. The first kappa shape index (κ1) is 14.3. The maximum Gasteiger partial charge on any atom is 0.391 e. The zero-order valence-electron chi connectivity index (χ0n) is 9.09. The number of aliphatic hydroxyl groups excluding tert-OH is 1. The van der Waals surface area contributed by atoms with Gasteiger partial charge in [0, 0.05) is 4.47 Å². The number of aliphatic hydroxyl groups is 1. The Balaban J connectivity index is 2.84. The number of rotatable bonds is 4. The minimum atomic E-state index is -4.39. The number of hydrogen-bond acceptors (Lipinski definition) is 2. The highest BCUT2D eigenvalue weighted by Crippen LogP contribution is 2.34. The number of ether oxygens (including phenoxy) is 1. The molecule has 0 aliphatic carbocycles. The quantitative estimate of drug-likeness (QED) is 0.915. The summed E-state index contributed by atoms with van der Waals surface area (Å²) in [5, 5.41) is 9.47. The van der Waals surface area contributed by atoms with E-state index in [4.69, 9.17) is 4.74 Å². The highest BCUT2D eigenvalue weighted by atomic mass is 79.9. The van der Waals surface area contributed by atoms with E-state index in [9.17, 15) is 18.3 Å². The van der Waals surface area contributed by atoms with E-state index in [1.54, 1.807) is 13.0 Å². The van der Waals surface area contributed by atoms with E-state index in [-0.39, 0.29) is 5.56 Å². The molecule has 0 radical (unpaired) electrons. The molecule has 1 aromatic carbocycles. The third-order valence-corrected chi connectivity index (χ3v) is 2.75. The molecule has 0 aromatic heterocycles. The third-order valence-electron chi connectivity index (χ3n) is 2.07. The SMILES string of the molecule is CCOc1ccc(C(O)CC(F)(F)F)c(Br)c1. The lowest BCUT2D eigenvalue weighted by molar-refractivity contribution is -0.154. The summed E-state index contributed by atoms with van der Waals surface area (Å²) in [7, 11) is 0. The van der Waals surface area contributed by atoms with Crippen molar-refractivity contribution in [3.63, 3.8) is 0 Å². The molecule has 0 bridgehead atoms. The number of halogens is 4. The molecular weight excluding hydrogens is 301 g/mol. The van der Waals surface area contributed by atoms with Crippen molar-refractivity contribution in [2.75, 3.05) is 6.61 Å². The van der Waals surface area contributed by atoms with Gasteiger partial charge in [-0.25, -0.2) is 0 Å². The third kappa shape index (κ3) is 4.55. The lowest BCUT2D eigenvalue weighted by atomic mass is 10.1. The highest BCUT2D eigenvalue weighted by molar-refractivity contribution is 9.10. The topological polar surface area (TPSA) is 29.5 Å². The van der Waals surface area contributed by atoms with Crippen LogP contribution < -0.4 is 4.74 Å². The Kier molecular flexibility index (Phi) is 4.82. The van der Waals surface area contributed by atoms with Crippen molar-refractivity contribution >= 4 is 15.9 Å². The van der Waals surface area contributed by atoms with Gasteiger partial charge in [-0.3, -0.25) is 0 Å². The van der Waals surface area contributed by atoms with Gasteiger partial charge in [-0.2, -0.15) is 13.2 Å². The van der Waals surface area contributed by atoms with Crippen molar-refractivity contribution in [1.82, 2.24) is 0 Å². The first-order chi connectivity index (χ1) is 7.83. The summed E-state index contributed by atoms with van der Waals surface area (Å²) in [5.74, 6) is 0.544. The summed E-state index contributed by atoms with van der Waals surface area (Å²) >= 11 is 3.12. The normalized spacial score (nSPS) is 13.5. The fraction of sp³-hybridized carbons (Fsp3) is 0.455. The molecule has 0 saturated carbocycles. The Bertz CT molecular complexity index is 379. The molecule has 0 fully saturated rings. The van der Waals surface area contributed by atoms with Crippen LogP contribution in [0.3, 0.4) is 0 Å². The molecule has 0 amide bonds. The first-order valence-electron chi connectivity index (χ1n) is 5.00. The Morgan fingerprint density at radius 2 is 2.06 bits per heavy atom. The van der Waals surface area contributed by atoms with Crippen LogP contribution in [0.5, 0.6) is 5.75 Å². The second-order valence-corrected chi connectivity index (χ2v) is 4.31. The monoisotopic (exact) mass is 312 g/mol. The molecular formula is C11H12BrF3O2. The van der Waals surface area contributed by atoms with Gasteiger partial charge in [0.05, 0.1) is 19.1 Å². The van der Waals surface area contributed by atoms with E-state index >= 15 is 0 Å². The Morgan fingerprint density at radius 1 is 1.41 bits per heavy atom. The molecule has 0 aliphatic rings. The minimum Gasteiger partial charge on any atom is -0.494 e. The Labute approximate surface area is 106 Å². The van der Waals surface area contributed by atoms with E-state index < -0.39 is 18.7 Å². The molecule has 1 rings (SSSR count). The van der Waals surface area contributed by atoms with E-state index in [2.05, 4.69) is 15.9 Å². The molecule has 1 aromatic rings. The average molecular weight is 313 g/mol. The molecule has 1 atom stereocenters. The molecule has 0 saturated heterocycles. The summed E-state index contributed by atoms with van der Waals surface area (Å²) in [6, 6.07) is 4.49. The fourth-order valence-corrected chi connectivity index (χ4v) is 1.99. The van der Waals surface area contributed by atoms with Crippen molar-refractivity contribution in [2.24, 2.45) is 0 Å². The molecule has 0 spiro atoms. The lowest BCUT2D eigenvalue weighted by Gasteiger charge is -2.15. The van der Waals surface area contributed by atoms with E-state index in [1.807, 2.05) is 0 Å². The van der Waals surface area contributed by atoms with Crippen LogP contribution in [0.2, 0.25) is 0 Å². The number of alkyl halides is 3. The molecule has 1 unspecified atom stereocenters. The Hall–Kier alpha value is -0.750. The van der Waals surface area contributed by atoms with Gasteiger partial charge in [-0.15, -0.1) is 0 Å². The zero-order valence-corrected chi connectivity index (χ0v) is 10.7. The molecule has 0 heterocycles. The molecule has 0 aliphatic heterocycles. The highest BCUT2D eigenvalue weighted by Gasteiger charge is 2.32. The van der Waals surface area contributed by atoms with Gasteiger partial charge in [-0.05, 0) is 24.6 Å². The standard InChI is InChI=1S/C11H12BrF3O2/c1-2-17-7-3-4-8(9(12)5-7)10(16)6-11(13,14)15/h3-5,10,16H,2,6H2,1H3. The largest absolute Gasteiger partial charge is 0.494 e. The summed E-state index contributed by atoms with van der Waals surface area (Å²) in [5.41, 5.74) is 0.200. The van der Waals surface area contributed by atoms with Crippen molar-refractivity contribution in [2.45, 2.75) is 25.6 Å². The zero-order chi connectivity index (χ0) is 13.1. The van der Waals surface area contributed by atoms with E-state index in [0.29, 0.717) is 16.8 Å². The van der Waals surface area contributed by atoms with Crippen LogP contribution in [0, 0.1) is 0 Å². The van der Waals surface area contributed by atoms with Crippen LogP contribution in [0.15, 0.2) is 22.7 Å². The summed E-state index contributed by atoms with van der Waals surface area (Å²) in [6.07, 6.45) is -7.23. The van der Waals surface area contributed by atoms with Crippen molar-refractivity contribution in [3.05, 3.63) is 28.2 Å². The van der Waals surface area contributed by atoms with Gasteiger partial charge in [-0.1, -0.05) is 22.0 Å². The van der Waals surface area contributed by atoms with Crippen molar-refractivity contribution in [3.8, 4) is 5.75 Å². The average Bonchev–Trinajstić information content (AvgIpc) is 2.15. The predicted molar refractivity (Wildman–Crippen MR) is 60.9 cm³/mol. The van der Waals surface area contributed by atoms with Crippen LogP contribution in [0.4, 0.5) is 13.2 Å². The van der Waals surface area contributed by atoms with Crippen LogP contribution in [0.1, 0.15) is 25.0 Å². The van der Waals surface area contributed by atoms with Gasteiger partial charge < -0.3 is 9.84 Å². The van der Waals surface area contributed by atoms with Gasteiger partial charge in [0.2, 0.25) is 0 Å². The number of benzene rings is 1. The van der Waals surface area contributed by atoms with Crippen molar-refractivity contribution in [1.29, 1.82) is 0 Å². The molecule has 6 heteroatoms.